The lowest BCUT2D eigenvalue weighted by molar-refractivity contribution is -0.140. The Morgan fingerprint density at radius 1 is 1.67 bits per heavy atom. The van der Waals surface area contributed by atoms with E-state index in [0.717, 1.165) is 0 Å². The van der Waals surface area contributed by atoms with Crippen molar-refractivity contribution < 1.29 is 9.59 Å². The Balaban J connectivity index is 2.47. The second-order valence-electron chi connectivity index (χ2n) is 3.91. The lowest BCUT2D eigenvalue weighted by atomic mass is 10.2. The van der Waals surface area contributed by atoms with Gasteiger partial charge in [-0.25, -0.2) is 0 Å². The fourth-order valence-electron chi connectivity index (χ4n) is 1.44. The Morgan fingerprint density at radius 3 is 2.93 bits per heavy atom. The molecule has 1 aliphatic heterocycles. The van der Waals surface area contributed by atoms with Gasteiger partial charge < -0.3 is 10.2 Å². The van der Waals surface area contributed by atoms with Crippen molar-refractivity contribution in [3.05, 3.63) is 0 Å². The highest BCUT2D eigenvalue weighted by Gasteiger charge is 2.28. The molecule has 0 aliphatic carbocycles. The second kappa shape index (κ2) is 5.39. The van der Waals surface area contributed by atoms with Gasteiger partial charge in [-0.15, -0.1) is 11.8 Å². The summed E-state index contributed by atoms with van der Waals surface area (Å²) in [4.78, 5) is 24.8. The maximum atomic E-state index is 11.8. The molecule has 0 bridgehead atoms. The van der Waals surface area contributed by atoms with Gasteiger partial charge in [0.2, 0.25) is 11.8 Å². The molecule has 2 amide bonds. The van der Waals surface area contributed by atoms with E-state index in [2.05, 4.69) is 19.2 Å². The van der Waals surface area contributed by atoms with Crippen LogP contribution in [0.5, 0.6) is 0 Å². The van der Waals surface area contributed by atoms with Crippen molar-refractivity contribution in [1.82, 2.24) is 10.2 Å². The van der Waals surface area contributed by atoms with E-state index in [1.165, 1.54) is 0 Å². The normalized spacial score (nSPS) is 21.7. The molecule has 0 aromatic rings. The van der Waals surface area contributed by atoms with Crippen molar-refractivity contribution in [2.24, 2.45) is 0 Å². The summed E-state index contributed by atoms with van der Waals surface area (Å²) in [6, 6.07) is -0.320. The van der Waals surface area contributed by atoms with Crippen LogP contribution in [0.2, 0.25) is 0 Å². The van der Waals surface area contributed by atoms with E-state index in [1.54, 1.807) is 23.6 Å². The maximum absolute atomic E-state index is 11.8. The van der Waals surface area contributed by atoms with Crippen LogP contribution < -0.4 is 5.32 Å². The molecule has 1 fully saturated rings. The number of carbonyl (C=O) groups excluding carboxylic acids is 2. The third-order valence-electron chi connectivity index (χ3n) is 2.36. The quantitative estimate of drug-likeness (QED) is 0.767. The van der Waals surface area contributed by atoms with Gasteiger partial charge in [0, 0.05) is 13.1 Å². The van der Waals surface area contributed by atoms with Gasteiger partial charge in [-0.1, -0.05) is 13.8 Å². The second-order valence-corrected chi connectivity index (χ2v) is 5.48. The first-order valence-corrected chi connectivity index (χ1v) is 6.26. The van der Waals surface area contributed by atoms with E-state index in [9.17, 15) is 9.59 Å². The number of hydrogen-bond acceptors (Lipinski definition) is 3. The summed E-state index contributed by atoms with van der Waals surface area (Å²) in [6.07, 6.45) is 0. The van der Waals surface area contributed by atoms with Crippen LogP contribution in [0.1, 0.15) is 20.8 Å². The highest BCUT2D eigenvalue weighted by atomic mass is 32.2. The van der Waals surface area contributed by atoms with Crippen LogP contribution in [0.3, 0.4) is 0 Å². The van der Waals surface area contributed by atoms with Gasteiger partial charge in [-0.2, -0.15) is 0 Å². The Morgan fingerprint density at radius 2 is 2.33 bits per heavy atom. The minimum Gasteiger partial charge on any atom is -0.353 e. The smallest absolute Gasteiger partial charge is 0.242 e. The zero-order valence-corrected chi connectivity index (χ0v) is 10.3. The van der Waals surface area contributed by atoms with Gasteiger partial charge in [0.1, 0.15) is 6.04 Å². The molecular formula is C10H18N2O2S. The van der Waals surface area contributed by atoms with E-state index in [0.29, 0.717) is 24.1 Å². The topological polar surface area (TPSA) is 49.4 Å². The first-order valence-electron chi connectivity index (χ1n) is 5.21. The van der Waals surface area contributed by atoms with Gasteiger partial charge in [0.25, 0.3) is 0 Å². The van der Waals surface area contributed by atoms with E-state index in [1.807, 2.05) is 0 Å². The Labute approximate surface area is 94.8 Å². The molecule has 0 saturated carbocycles. The highest BCUT2D eigenvalue weighted by molar-refractivity contribution is 8.00. The van der Waals surface area contributed by atoms with Gasteiger partial charge in [0.05, 0.1) is 5.75 Å². The predicted molar refractivity (Wildman–Crippen MR) is 61.8 cm³/mol. The number of amides is 2. The van der Waals surface area contributed by atoms with E-state index in [4.69, 9.17) is 0 Å². The zero-order valence-electron chi connectivity index (χ0n) is 9.45. The molecular weight excluding hydrogens is 212 g/mol. The number of thioether (sulfide) groups is 1. The molecule has 15 heavy (non-hydrogen) atoms. The lowest BCUT2D eigenvalue weighted by Gasteiger charge is -2.32. The van der Waals surface area contributed by atoms with Crippen molar-refractivity contribution in [1.29, 1.82) is 0 Å². The summed E-state index contributed by atoms with van der Waals surface area (Å²) < 4.78 is 0. The monoisotopic (exact) mass is 230 g/mol. The number of carbonyl (C=O) groups is 2. The Bertz CT molecular complexity index is 256. The summed E-state index contributed by atoms with van der Waals surface area (Å²) in [7, 11) is 0. The Hall–Kier alpha value is -0.710. The third kappa shape index (κ3) is 3.41. The number of rotatable bonds is 3. The van der Waals surface area contributed by atoms with Crippen LogP contribution >= 0.6 is 11.8 Å². The molecule has 1 heterocycles. The van der Waals surface area contributed by atoms with Crippen molar-refractivity contribution in [2.45, 2.75) is 32.1 Å². The van der Waals surface area contributed by atoms with E-state index in [-0.39, 0.29) is 17.9 Å². The van der Waals surface area contributed by atoms with Crippen LogP contribution in [-0.2, 0) is 9.59 Å². The van der Waals surface area contributed by atoms with Crippen LogP contribution in [-0.4, -0.2) is 46.8 Å². The zero-order chi connectivity index (χ0) is 11.4. The first-order chi connectivity index (χ1) is 7.02. The summed E-state index contributed by atoms with van der Waals surface area (Å²) in [6.45, 7) is 7.09. The summed E-state index contributed by atoms with van der Waals surface area (Å²) in [5.41, 5.74) is 0. The number of piperazine rings is 1. The van der Waals surface area contributed by atoms with Crippen molar-refractivity contribution in [2.75, 3.05) is 18.8 Å². The SMILES string of the molecule is CC(C)SCC(=O)N1CCNC(=O)C1C. The molecule has 5 heteroatoms. The van der Waals surface area contributed by atoms with Crippen molar-refractivity contribution >= 4 is 23.6 Å². The van der Waals surface area contributed by atoms with E-state index < -0.39 is 0 Å². The number of nitrogens with one attached hydrogen (secondary N) is 1. The summed E-state index contributed by atoms with van der Waals surface area (Å²) in [5, 5.41) is 3.19. The van der Waals surface area contributed by atoms with E-state index >= 15 is 0 Å². The standard InChI is InChI=1S/C10H18N2O2S/c1-7(2)15-6-9(13)12-5-4-11-10(14)8(12)3/h7-8H,4-6H2,1-3H3,(H,11,14). The molecule has 4 nitrogen and oxygen atoms in total. The third-order valence-corrected chi connectivity index (χ3v) is 3.44. The summed E-state index contributed by atoms with van der Waals surface area (Å²) in [5.74, 6) is 0.482. The average Bonchev–Trinajstić information content (AvgIpc) is 2.18. The van der Waals surface area contributed by atoms with Gasteiger partial charge in [-0.3, -0.25) is 9.59 Å². The predicted octanol–water partition coefficient (Wildman–Crippen LogP) is 0.475. The van der Waals surface area contributed by atoms with Crippen LogP contribution in [0.4, 0.5) is 0 Å². The molecule has 1 unspecified atom stereocenters. The molecule has 0 spiro atoms. The highest BCUT2D eigenvalue weighted by Crippen LogP contribution is 2.12. The van der Waals surface area contributed by atoms with Crippen molar-refractivity contribution in [3.8, 4) is 0 Å². The molecule has 1 rings (SSSR count). The minimum absolute atomic E-state index is 0.0517. The molecule has 1 N–H and O–H groups in total. The fourth-order valence-corrected chi connectivity index (χ4v) is 2.09. The first kappa shape index (κ1) is 12.4. The Kier molecular flexibility index (Phi) is 4.45. The van der Waals surface area contributed by atoms with Crippen LogP contribution in [0.25, 0.3) is 0 Å². The van der Waals surface area contributed by atoms with Crippen LogP contribution in [0, 0.1) is 0 Å². The molecule has 0 aromatic carbocycles. The van der Waals surface area contributed by atoms with Crippen molar-refractivity contribution in [3.63, 3.8) is 0 Å². The number of nitrogens with zero attached hydrogens (tertiary/aromatic N) is 1. The van der Waals surface area contributed by atoms with Gasteiger partial charge in [0.15, 0.2) is 0 Å². The van der Waals surface area contributed by atoms with Gasteiger partial charge in [-0.05, 0) is 12.2 Å². The molecule has 0 aromatic heterocycles. The number of hydrogen-bond donors (Lipinski definition) is 1. The molecule has 86 valence electrons. The van der Waals surface area contributed by atoms with Crippen LogP contribution in [0.15, 0.2) is 0 Å². The minimum atomic E-state index is -0.320. The molecule has 1 aliphatic rings. The lowest BCUT2D eigenvalue weighted by Crippen LogP contribution is -2.56. The molecule has 1 atom stereocenters. The largest absolute Gasteiger partial charge is 0.353 e. The fraction of sp³-hybridized carbons (Fsp3) is 0.800. The summed E-state index contributed by atoms with van der Waals surface area (Å²) >= 11 is 1.61. The average molecular weight is 230 g/mol. The van der Waals surface area contributed by atoms with Gasteiger partial charge >= 0.3 is 0 Å². The molecule has 1 saturated heterocycles. The maximum Gasteiger partial charge on any atom is 0.242 e. The molecule has 0 radical (unpaired) electrons.